The lowest BCUT2D eigenvalue weighted by atomic mass is 9.83. The fourth-order valence-electron chi connectivity index (χ4n) is 3.90. The van der Waals surface area contributed by atoms with Crippen molar-refractivity contribution in [2.45, 2.75) is 32.6 Å². The lowest BCUT2D eigenvalue weighted by Gasteiger charge is -2.19. The summed E-state index contributed by atoms with van der Waals surface area (Å²) in [6.45, 7) is 1.89. The van der Waals surface area contributed by atoms with Gasteiger partial charge in [-0.15, -0.1) is 0 Å². The molecule has 2 saturated carbocycles. The SMILES string of the molecule is COc1ccc(C(=O)C(=O)C2CC3CCC2C3)cc1C. The Bertz CT molecular complexity index is 561. The second kappa shape index (κ2) is 5.04. The highest BCUT2D eigenvalue weighted by atomic mass is 16.5. The molecule has 0 N–H and O–H groups in total. The smallest absolute Gasteiger partial charge is 0.228 e. The molecule has 3 unspecified atom stereocenters. The Kier molecular flexibility index (Phi) is 3.36. The van der Waals surface area contributed by atoms with Crippen molar-refractivity contribution in [2.75, 3.05) is 7.11 Å². The topological polar surface area (TPSA) is 43.4 Å². The van der Waals surface area contributed by atoms with Gasteiger partial charge in [-0.05, 0) is 61.8 Å². The van der Waals surface area contributed by atoms with Crippen LogP contribution in [0.25, 0.3) is 0 Å². The molecule has 3 heteroatoms. The third-order valence-corrected chi connectivity index (χ3v) is 4.96. The first kappa shape index (κ1) is 13.3. The van der Waals surface area contributed by atoms with Crippen LogP contribution in [-0.4, -0.2) is 18.7 Å². The number of carbonyl (C=O) groups excluding carboxylic acids is 2. The zero-order valence-corrected chi connectivity index (χ0v) is 12.0. The van der Waals surface area contributed by atoms with Crippen LogP contribution in [0.3, 0.4) is 0 Å². The van der Waals surface area contributed by atoms with Crippen LogP contribution in [0, 0.1) is 24.7 Å². The third kappa shape index (κ3) is 2.15. The van der Waals surface area contributed by atoms with E-state index in [1.54, 1.807) is 25.3 Å². The molecule has 106 valence electrons. The molecule has 2 bridgehead atoms. The average molecular weight is 272 g/mol. The summed E-state index contributed by atoms with van der Waals surface area (Å²) >= 11 is 0. The van der Waals surface area contributed by atoms with Crippen molar-refractivity contribution in [3.8, 4) is 5.75 Å². The number of rotatable bonds is 4. The molecule has 0 heterocycles. The standard InChI is InChI=1S/C17H20O3/c1-10-7-13(5-6-15(10)20-2)16(18)17(19)14-9-11-3-4-12(14)8-11/h5-7,11-12,14H,3-4,8-9H2,1-2H3. The van der Waals surface area contributed by atoms with Gasteiger partial charge in [0.1, 0.15) is 5.75 Å². The van der Waals surface area contributed by atoms with Gasteiger partial charge in [0.05, 0.1) is 7.11 Å². The van der Waals surface area contributed by atoms with Gasteiger partial charge in [-0.2, -0.15) is 0 Å². The van der Waals surface area contributed by atoms with Crippen molar-refractivity contribution in [3.05, 3.63) is 29.3 Å². The fourth-order valence-corrected chi connectivity index (χ4v) is 3.90. The number of methoxy groups -OCH3 is 1. The van der Waals surface area contributed by atoms with E-state index in [4.69, 9.17) is 4.74 Å². The van der Waals surface area contributed by atoms with E-state index < -0.39 is 0 Å². The summed E-state index contributed by atoms with van der Waals surface area (Å²) in [5.41, 5.74) is 1.38. The van der Waals surface area contributed by atoms with E-state index in [2.05, 4.69) is 0 Å². The van der Waals surface area contributed by atoms with Gasteiger partial charge < -0.3 is 4.74 Å². The van der Waals surface area contributed by atoms with Crippen LogP contribution < -0.4 is 4.74 Å². The van der Waals surface area contributed by atoms with Gasteiger partial charge in [0.15, 0.2) is 0 Å². The molecule has 1 aromatic rings. The Morgan fingerprint density at radius 1 is 1.20 bits per heavy atom. The molecule has 0 aliphatic heterocycles. The Hall–Kier alpha value is -1.64. The molecular weight excluding hydrogens is 252 g/mol. The molecule has 3 atom stereocenters. The highest BCUT2D eigenvalue weighted by Crippen LogP contribution is 2.48. The quantitative estimate of drug-likeness (QED) is 0.624. The molecule has 2 aliphatic carbocycles. The molecule has 0 spiro atoms. The molecule has 0 radical (unpaired) electrons. The van der Waals surface area contributed by atoms with E-state index in [1.165, 1.54) is 6.42 Å². The Morgan fingerprint density at radius 2 is 2.00 bits per heavy atom. The summed E-state index contributed by atoms with van der Waals surface area (Å²) in [5.74, 6) is 1.35. The number of ketones is 2. The number of benzene rings is 1. The number of fused-ring (bicyclic) bond motifs is 2. The second-order valence-electron chi connectivity index (χ2n) is 6.16. The van der Waals surface area contributed by atoms with Crippen LogP contribution in [0.4, 0.5) is 0 Å². The van der Waals surface area contributed by atoms with E-state index in [0.29, 0.717) is 17.4 Å². The lowest BCUT2D eigenvalue weighted by molar-refractivity contribution is -0.120. The second-order valence-corrected chi connectivity index (χ2v) is 6.16. The van der Waals surface area contributed by atoms with Crippen LogP contribution >= 0.6 is 0 Å². The van der Waals surface area contributed by atoms with Crippen molar-refractivity contribution >= 4 is 11.6 Å². The van der Waals surface area contributed by atoms with Gasteiger partial charge >= 0.3 is 0 Å². The van der Waals surface area contributed by atoms with Crippen LogP contribution in [0.15, 0.2) is 18.2 Å². The number of hydrogen-bond acceptors (Lipinski definition) is 3. The molecule has 0 aromatic heterocycles. The van der Waals surface area contributed by atoms with E-state index >= 15 is 0 Å². The van der Waals surface area contributed by atoms with E-state index in [9.17, 15) is 9.59 Å². The first-order chi connectivity index (χ1) is 9.60. The predicted octanol–water partition coefficient (Wildman–Crippen LogP) is 3.19. The Morgan fingerprint density at radius 3 is 2.55 bits per heavy atom. The van der Waals surface area contributed by atoms with Crippen LogP contribution in [0.1, 0.15) is 41.6 Å². The third-order valence-electron chi connectivity index (χ3n) is 4.96. The largest absolute Gasteiger partial charge is 0.496 e. The molecule has 0 saturated heterocycles. The average Bonchev–Trinajstić information content (AvgIpc) is 3.08. The number of Topliss-reactive ketones (excluding diaryl/α,β-unsaturated/α-hetero) is 2. The van der Waals surface area contributed by atoms with E-state index in [0.717, 1.165) is 30.6 Å². The molecule has 2 fully saturated rings. The van der Waals surface area contributed by atoms with Gasteiger partial charge in [0.2, 0.25) is 11.6 Å². The highest BCUT2D eigenvalue weighted by Gasteiger charge is 2.44. The maximum atomic E-state index is 12.4. The maximum absolute atomic E-state index is 12.4. The minimum Gasteiger partial charge on any atom is -0.496 e. The van der Waals surface area contributed by atoms with Crippen molar-refractivity contribution in [3.63, 3.8) is 0 Å². The van der Waals surface area contributed by atoms with Crippen molar-refractivity contribution in [1.82, 2.24) is 0 Å². The van der Waals surface area contributed by atoms with E-state index in [1.807, 2.05) is 6.92 Å². The molecular formula is C17H20O3. The Labute approximate surface area is 119 Å². The van der Waals surface area contributed by atoms with Gasteiger partial charge in [0, 0.05) is 11.5 Å². The summed E-state index contributed by atoms with van der Waals surface area (Å²) in [5, 5.41) is 0. The summed E-state index contributed by atoms with van der Waals surface area (Å²) < 4.78 is 5.18. The zero-order chi connectivity index (χ0) is 14.3. The monoisotopic (exact) mass is 272 g/mol. The van der Waals surface area contributed by atoms with E-state index in [-0.39, 0.29) is 17.5 Å². The molecule has 20 heavy (non-hydrogen) atoms. The summed E-state index contributed by atoms with van der Waals surface area (Å²) in [7, 11) is 1.60. The number of ether oxygens (including phenoxy) is 1. The van der Waals surface area contributed by atoms with Gasteiger partial charge in [-0.3, -0.25) is 9.59 Å². The van der Waals surface area contributed by atoms with Crippen molar-refractivity contribution in [2.24, 2.45) is 17.8 Å². The molecule has 0 amide bonds. The minimum atomic E-state index is -0.326. The zero-order valence-electron chi connectivity index (χ0n) is 12.0. The number of aryl methyl sites for hydroxylation is 1. The molecule has 3 rings (SSSR count). The van der Waals surface area contributed by atoms with Gasteiger partial charge in [0.25, 0.3) is 0 Å². The van der Waals surface area contributed by atoms with Gasteiger partial charge in [-0.25, -0.2) is 0 Å². The lowest BCUT2D eigenvalue weighted by Crippen LogP contribution is -2.28. The van der Waals surface area contributed by atoms with Gasteiger partial charge in [-0.1, -0.05) is 6.42 Å². The molecule has 3 nitrogen and oxygen atoms in total. The first-order valence-electron chi connectivity index (χ1n) is 7.33. The highest BCUT2D eigenvalue weighted by molar-refractivity contribution is 6.44. The van der Waals surface area contributed by atoms with Crippen LogP contribution in [0.2, 0.25) is 0 Å². The molecule has 2 aliphatic rings. The normalized spacial score (nSPS) is 27.6. The maximum Gasteiger partial charge on any atom is 0.228 e. The van der Waals surface area contributed by atoms with Crippen LogP contribution in [0.5, 0.6) is 5.75 Å². The predicted molar refractivity (Wildman–Crippen MR) is 76.0 cm³/mol. The Balaban J connectivity index is 1.78. The number of hydrogen-bond donors (Lipinski definition) is 0. The minimum absolute atomic E-state index is 0.0244. The molecule has 1 aromatic carbocycles. The van der Waals surface area contributed by atoms with Crippen LogP contribution in [-0.2, 0) is 4.79 Å². The summed E-state index contributed by atoms with van der Waals surface area (Å²) in [4.78, 5) is 24.8. The van der Waals surface area contributed by atoms with Crippen molar-refractivity contribution < 1.29 is 14.3 Å². The van der Waals surface area contributed by atoms with Crippen molar-refractivity contribution in [1.29, 1.82) is 0 Å². The fraction of sp³-hybridized carbons (Fsp3) is 0.529. The summed E-state index contributed by atoms with van der Waals surface area (Å²) in [6.07, 6.45) is 4.43. The number of carbonyl (C=O) groups is 2. The first-order valence-corrected chi connectivity index (χ1v) is 7.33. The summed E-state index contributed by atoms with van der Waals surface area (Å²) in [6, 6.07) is 5.21.